The minimum Gasteiger partial charge on any atom is -0.466 e. The summed E-state index contributed by atoms with van der Waals surface area (Å²) in [7, 11) is 0. The smallest absolute Gasteiger partial charge is 0.410 e. The standard InChI is InChI=1S/C10H14N2O3/c11-8-3-4-12(6-8)10(13)15-7-9-2-1-5-14-9/h1-2,5,8H,3-4,6-7,11H2. The zero-order valence-corrected chi connectivity index (χ0v) is 8.39. The Bertz CT molecular complexity index is 323. The number of hydrogen-bond donors (Lipinski definition) is 1. The number of rotatable bonds is 2. The van der Waals surface area contributed by atoms with Crippen molar-refractivity contribution in [3.63, 3.8) is 0 Å². The van der Waals surface area contributed by atoms with E-state index < -0.39 is 0 Å². The van der Waals surface area contributed by atoms with Crippen LogP contribution in [0, 0.1) is 0 Å². The Morgan fingerprint density at radius 3 is 3.20 bits per heavy atom. The van der Waals surface area contributed by atoms with Crippen LogP contribution in [-0.2, 0) is 11.3 Å². The molecule has 0 aromatic carbocycles. The third kappa shape index (κ3) is 2.50. The molecule has 1 fully saturated rings. The van der Waals surface area contributed by atoms with Gasteiger partial charge in [0.2, 0.25) is 0 Å². The predicted octanol–water partition coefficient (Wildman–Crippen LogP) is 0.949. The van der Waals surface area contributed by atoms with E-state index in [9.17, 15) is 4.79 Å². The Labute approximate surface area is 87.8 Å². The van der Waals surface area contributed by atoms with E-state index in [1.54, 1.807) is 23.3 Å². The first kappa shape index (κ1) is 10.0. The van der Waals surface area contributed by atoms with Gasteiger partial charge in [-0.25, -0.2) is 4.79 Å². The monoisotopic (exact) mass is 210 g/mol. The van der Waals surface area contributed by atoms with Gasteiger partial charge in [-0.05, 0) is 18.6 Å². The highest BCUT2D eigenvalue weighted by molar-refractivity contribution is 5.68. The first-order chi connectivity index (χ1) is 7.25. The maximum atomic E-state index is 11.5. The molecule has 15 heavy (non-hydrogen) atoms. The van der Waals surface area contributed by atoms with Gasteiger partial charge in [0.15, 0.2) is 6.61 Å². The Morgan fingerprint density at radius 1 is 1.73 bits per heavy atom. The lowest BCUT2D eigenvalue weighted by Gasteiger charge is -2.14. The lowest BCUT2D eigenvalue weighted by molar-refractivity contribution is 0.0971. The Balaban J connectivity index is 1.78. The molecule has 0 spiro atoms. The van der Waals surface area contributed by atoms with Crippen molar-refractivity contribution >= 4 is 6.09 Å². The molecule has 1 aromatic rings. The number of likely N-dealkylation sites (tertiary alicyclic amines) is 1. The average Bonchev–Trinajstić information content (AvgIpc) is 2.84. The van der Waals surface area contributed by atoms with Crippen molar-refractivity contribution in [3.8, 4) is 0 Å². The van der Waals surface area contributed by atoms with Gasteiger partial charge < -0.3 is 19.8 Å². The highest BCUT2D eigenvalue weighted by Gasteiger charge is 2.24. The molecule has 0 radical (unpaired) electrons. The number of nitrogens with two attached hydrogens (primary N) is 1. The van der Waals surface area contributed by atoms with E-state index in [-0.39, 0.29) is 18.7 Å². The van der Waals surface area contributed by atoms with E-state index in [1.807, 2.05) is 0 Å². The molecule has 0 saturated carbocycles. The van der Waals surface area contributed by atoms with Crippen LogP contribution >= 0.6 is 0 Å². The topological polar surface area (TPSA) is 68.7 Å². The molecule has 82 valence electrons. The maximum Gasteiger partial charge on any atom is 0.410 e. The molecule has 2 N–H and O–H groups in total. The quantitative estimate of drug-likeness (QED) is 0.789. The minimum atomic E-state index is -0.320. The molecule has 2 rings (SSSR count). The van der Waals surface area contributed by atoms with Crippen molar-refractivity contribution in [2.24, 2.45) is 5.73 Å². The van der Waals surface area contributed by atoms with E-state index in [4.69, 9.17) is 14.9 Å². The first-order valence-electron chi connectivity index (χ1n) is 4.95. The van der Waals surface area contributed by atoms with Gasteiger partial charge in [0.25, 0.3) is 0 Å². The number of furan rings is 1. The number of nitrogens with zero attached hydrogens (tertiary/aromatic N) is 1. The van der Waals surface area contributed by atoms with Gasteiger partial charge in [-0.2, -0.15) is 0 Å². The number of carbonyl (C=O) groups excluding carboxylic acids is 1. The number of carbonyl (C=O) groups is 1. The fraction of sp³-hybridized carbons (Fsp3) is 0.500. The molecule has 1 atom stereocenters. The van der Waals surface area contributed by atoms with Gasteiger partial charge in [0, 0.05) is 19.1 Å². The molecule has 5 heteroatoms. The van der Waals surface area contributed by atoms with Crippen molar-refractivity contribution in [1.29, 1.82) is 0 Å². The zero-order valence-electron chi connectivity index (χ0n) is 8.39. The van der Waals surface area contributed by atoms with Crippen LogP contribution < -0.4 is 5.73 Å². The van der Waals surface area contributed by atoms with Gasteiger partial charge in [-0.3, -0.25) is 0 Å². The molecule has 1 unspecified atom stereocenters. The fourth-order valence-electron chi connectivity index (χ4n) is 1.57. The minimum absolute atomic E-state index is 0.0844. The molecular weight excluding hydrogens is 196 g/mol. The summed E-state index contributed by atoms with van der Waals surface area (Å²) in [4.78, 5) is 13.1. The lowest BCUT2D eigenvalue weighted by atomic mass is 10.3. The molecule has 2 heterocycles. The van der Waals surface area contributed by atoms with Crippen molar-refractivity contribution in [1.82, 2.24) is 4.90 Å². The van der Waals surface area contributed by atoms with Crippen LogP contribution in [-0.4, -0.2) is 30.1 Å². The van der Waals surface area contributed by atoms with E-state index in [1.165, 1.54) is 0 Å². The summed E-state index contributed by atoms with van der Waals surface area (Å²) < 4.78 is 10.1. The molecule has 0 bridgehead atoms. The summed E-state index contributed by atoms with van der Waals surface area (Å²) in [6.45, 7) is 1.44. The van der Waals surface area contributed by atoms with E-state index in [2.05, 4.69) is 0 Å². The van der Waals surface area contributed by atoms with Gasteiger partial charge in [0.05, 0.1) is 6.26 Å². The third-order valence-electron chi connectivity index (χ3n) is 2.40. The molecule has 0 aliphatic carbocycles. The largest absolute Gasteiger partial charge is 0.466 e. The molecule has 1 saturated heterocycles. The van der Waals surface area contributed by atoms with Gasteiger partial charge in [0.1, 0.15) is 5.76 Å². The summed E-state index contributed by atoms with van der Waals surface area (Å²) in [6.07, 6.45) is 2.07. The van der Waals surface area contributed by atoms with Crippen molar-refractivity contribution in [2.75, 3.05) is 13.1 Å². The summed E-state index contributed by atoms with van der Waals surface area (Å²) in [5.74, 6) is 0.645. The summed E-state index contributed by atoms with van der Waals surface area (Å²) in [5.41, 5.74) is 5.69. The number of ether oxygens (including phenoxy) is 1. The number of amides is 1. The van der Waals surface area contributed by atoms with Crippen LogP contribution in [0.25, 0.3) is 0 Å². The molecule has 1 aliphatic heterocycles. The fourth-order valence-corrected chi connectivity index (χ4v) is 1.57. The second-order valence-corrected chi connectivity index (χ2v) is 3.63. The Kier molecular flexibility index (Phi) is 2.91. The molecular formula is C10H14N2O3. The van der Waals surface area contributed by atoms with Crippen molar-refractivity contribution in [2.45, 2.75) is 19.1 Å². The second-order valence-electron chi connectivity index (χ2n) is 3.63. The van der Waals surface area contributed by atoms with Crippen molar-refractivity contribution in [3.05, 3.63) is 24.2 Å². The highest BCUT2D eigenvalue weighted by Crippen LogP contribution is 2.10. The number of hydrogen-bond acceptors (Lipinski definition) is 4. The Hall–Kier alpha value is -1.49. The highest BCUT2D eigenvalue weighted by atomic mass is 16.6. The lowest BCUT2D eigenvalue weighted by Crippen LogP contribution is -2.32. The van der Waals surface area contributed by atoms with E-state index in [0.717, 1.165) is 6.42 Å². The van der Waals surface area contributed by atoms with Crippen LogP contribution in [0.15, 0.2) is 22.8 Å². The van der Waals surface area contributed by atoms with Crippen LogP contribution in [0.1, 0.15) is 12.2 Å². The third-order valence-corrected chi connectivity index (χ3v) is 2.40. The SMILES string of the molecule is NC1CCN(C(=O)OCc2ccco2)C1. The van der Waals surface area contributed by atoms with Crippen LogP contribution in [0.4, 0.5) is 4.79 Å². The molecule has 1 amide bonds. The summed E-state index contributed by atoms with van der Waals surface area (Å²) in [6, 6.07) is 3.61. The predicted molar refractivity (Wildman–Crippen MR) is 53.1 cm³/mol. The van der Waals surface area contributed by atoms with Crippen molar-refractivity contribution < 1.29 is 13.9 Å². The average molecular weight is 210 g/mol. The van der Waals surface area contributed by atoms with Gasteiger partial charge in [-0.1, -0.05) is 0 Å². The molecule has 1 aromatic heterocycles. The normalized spacial score (nSPS) is 20.6. The van der Waals surface area contributed by atoms with E-state index >= 15 is 0 Å². The van der Waals surface area contributed by atoms with Crippen LogP contribution in [0.2, 0.25) is 0 Å². The second kappa shape index (κ2) is 4.35. The van der Waals surface area contributed by atoms with Crippen LogP contribution in [0.3, 0.4) is 0 Å². The van der Waals surface area contributed by atoms with Crippen LogP contribution in [0.5, 0.6) is 0 Å². The maximum absolute atomic E-state index is 11.5. The first-order valence-corrected chi connectivity index (χ1v) is 4.95. The van der Waals surface area contributed by atoms with Gasteiger partial charge in [-0.15, -0.1) is 0 Å². The molecule has 5 nitrogen and oxygen atoms in total. The summed E-state index contributed by atoms with van der Waals surface area (Å²) >= 11 is 0. The summed E-state index contributed by atoms with van der Waals surface area (Å²) in [5, 5.41) is 0. The molecule has 1 aliphatic rings. The van der Waals surface area contributed by atoms with E-state index in [0.29, 0.717) is 18.8 Å². The Morgan fingerprint density at radius 2 is 2.60 bits per heavy atom. The zero-order chi connectivity index (χ0) is 10.7. The van der Waals surface area contributed by atoms with Gasteiger partial charge >= 0.3 is 6.09 Å².